The zero-order valence-electron chi connectivity index (χ0n) is 18.9. The molecule has 1 saturated heterocycles. The summed E-state index contributed by atoms with van der Waals surface area (Å²) in [6.07, 6.45) is 5.70. The van der Waals surface area contributed by atoms with Crippen LogP contribution in [0.5, 0.6) is 0 Å². The first-order valence-corrected chi connectivity index (χ1v) is 11.9. The van der Waals surface area contributed by atoms with Gasteiger partial charge in [-0.2, -0.15) is 10.2 Å². The molecule has 0 unspecified atom stereocenters. The number of fused-ring (bicyclic) bond motifs is 1. The van der Waals surface area contributed by atoms with Crippen LogP contribution in [0.2, 0.25) is 0 Å². The molecule has 2 N–H and O–H groups in total. The van der Waals surface area contributed by atoms with Gasteiger partial charge in [-0.1, -0.05) is 6.07 Å². The SMILES string of the molecule is O=C(Cc1cc2cc(-c3cncc(NC4CCNCC4)n3)ccc2nn1)C1CCC(F)(F)CC1. The predicted molar refractivity (Wildman–Crippen MR) is 126 cm³/mol. The Kier molecular flexibility index (Phi) is 6.45. The Labute approximate surface area is 196 Å². The lowest BCUT2D eigenvalue weighted by Gasteiger charge is -2.27. The number of aromatic nitrogens is 4. The predicted octanol–water partition coefficient (Wildman–Crippen LogP) is 4.19. The number of rotatable bonds is 6. The fraction of sp³-hybridized carbons (Fsp3) is 0.480. The molecule has 34 heavy (non-hydrogen) atoms. The molecule has 0 atom stereocenters. The number of carbonyl (C=O) groups excluding carboxylic acids is 1. The largest absolute Gasteiger partial charge is 0.366 e. The van der Waals surface area contributed by atoms with E-state index in [2.05, 4.69) is 25.8 Å². The third-order valence-corrected chi connectivity index (χ3v) is 6.79. The molecule has 0 spiro atoms. The van der Waals surface area contributed by atoms with Gasteiger partial charge in [0.2, 0.25) is 5.92 Å². The number of piperidine rings is 1. The van der Waals surface area contributed by atoms with Crippen LogP contribution < -0.4 is 10.6 Å². The summed E-state index contributed by atoms with van der Waals surface area (Å²) in [7, 11) is 0. The van der Waals surface area contributed by atoms with Gasteiger partial charge >= 0.3 is 0 Å². The number of ketones is 1. The van der Waals surface area contributed by atoms with Crippen molar-refractivity contribution >= 4 is 22.5 Å². The molecule has 0 amide bonds. The van der Waals surface area contributed by atoms with Crippen molar-refractivity contribution in [1.29, 1.82) is 0 Å². The number of halogens is 2. The number of anilines is 1. The summed E-state index contributed by atoms with van der Waals surface area (Å²) >= 11 is 0. The standard InChI is InChI=1S/C25H28F2N6O/c26-25(27)7-3-16(4-8-25)23(34)13-20-12-18-11-17(1-2-21(18)33-32-20)22-14-29-15-24(31-22)30-19-5-9-28-10-6-19/h1-2,11-12,14-16,19,28H,3-10,13H2,(H,30,31). The molecule has 9 heteroatoms. The van der Waals surface area contributed by atoms with E-state index in [0.29, 0.717) is 17.3 Å². The Bertz CT molecular complexity index is 1170. The minimum absolute atomic E-state index is 0.0390. The van der Waals surface area contributed by atoms with Crippen molar-refractivity contribution < 1.29 is 13.6 Å². The van der Waals surface area contributed by atoms with Gasteiger partial charge < -0.3 is 10.6 Å². The van der Waals surface area contributed by atoms with Crippen LogP contribution in [-0.2, 0) is 11.2 Å². The fourth-order valence-corrected chi connectivity index (χ4v) is 4.77. The second-order valence-electron chi connectivity index (χ2n) is 9.34. The second kappa shape index (κ2) is 9.66. The van der Waals surface area contributed by atoms with E-state index in [4.69, 9.17) is 4.98 Å². The third kappa shape index (κ3) is 5.35. The maximum absolute atomic E-state index is 13.4. The van der Waals surface area contributed by atoms with E-state index in [1.165, 1.54) is 0 Å². The molecule has 1 saturated carbocycles. The molecule has 2 fully saturated rings. The summed E-state index contributed by atoms with van der Waals surface area (Å²) in [6, 6.07) is 8.01. The molecule has 5 rings (SSSR count). The number of hydrogen-bond donors (Lipinski definition) is 2. The molecule has 3 aromatic rings. The van der Waals surface area contributed by atoms with Gasteiger partial charge in [0.25, 0.3) is 0 Å². The average Bonchev–Trinajstić information content (AvgIpc) is 2.84. The minimum atomic E-state index is -2.64. The number of benzene rings is 1. The van der Waals surface area contributed by atoms with Gasteiger partial charge in [0.15, 0.2) is 0 Å². The van der Waals surface area contributed by atoms with E-state index in [-0.39, 0.29) is 43.8 Å². The first kappa shape index (κ1) is 22.7. The van der Waals surface area contributed by atoms with Crippen LogP contribution in [0.25, 0.3) is 22.2 Å². The highest BCUT2D eigenvalue weighted by Gasteiger charge is 2.37. The van der Waals surface area contributed by atoms with Crippen LogP contribution in [0.15, 0.2) is 36.7 Å². The van der Waals surface area contributed by atoms with E-state index in [0.717, 1.165) is 48.4 Å². The summed E-state index contributed by atoms with van der Waals surface area (Å²) in [5, 5.41) is 16.1. The molecule has 2 aliphatic rings. The Morgan fingerprint density at radius 3 is 2.65 bits per heavy atom. The lowest BCUT2D eigenvalue weighted by Crippen LogP contribution is -2.35. The van der Waals surface area contributed by atoms with Crippen LogP contribution in [0.4, 0.5) is 14.6 Å². The summed E-state index contributed by atoms with van der Waals surface area (Å²) in [4.78, 5) is 21.8. The molecule has 2 aromatic heterocycles. The molecule has 1 aliphatic heterocycles. The zero-order valence-corrected chi connectivity index (χ0v) is 18.9. The van der Waals surface area contributed by atoms with E-state index in [1.54, 1.807) is 12.4 Å². The highest BCUT2D eigenvalue weighted by atomic mass is 19.3. The molecule has 178 valence electrons. The monoisotopic (exact) mass is 466 g/mol. The normalized spacial score (nSPS) is 19.2. The van der Waals surface area contributed by atoms with Gasteiger partial charge in [0.1, 0.15) is 11.6 Å². The van der Waals surface area contributed by atoms with Crippen LogP contribution >= 0.6 is 0 Å². The van der Waals surface area contributed by atoms with Crippen molar-refractivity contribution in [3.63, 3.8) is 0 Å². The van der Waals surface area contributed by atoms with Crippen LogP contribution in [0, 0.1) is 5.92 Å². The number of carbonyl (C=O) groups is 1. The Morgan fingerprint density at radius 1 is 1.06 bits per heavy atom. The molecule has 0 radical (unpaired) electrons. The second-order valence-corrected chi connectivity index (χ2v) is 9.34. The van der Waals surface area contributed by atoms with Crippen molar-refractivity contribution in [2.24, 2.45) is 5.92 Å². The Balaban J connectivity index is 1.31. The summed E-state index contributed by atoms with van der Waals surface area (Å²) < 4.78 is 26.8. The first-order chi connectivity index (χ1) is 16.4. The van der Waals surface area contributed by atoms with Gasteiger partial charge in [-0.05, 0) is 57.0 Å². The van der Waals surface area contributed by atoms with E-state index < -0.39 is 5.92 Å². The van der Waals surface area contributed by atoms with Gasteiger partial charge in [-0.3, -0.25) is 9.78 Å². The Hall–Kier alpha value is -3.07. The van der Waals surface area contributed by atoms with Crippen LogP contribution in [-0.4, -0.2) is 51.0 Å². The number of Topliss-reactive ketones (excluding diaryl/α,β-unsaturated/α-hetero) is 1. The Morgan fingerprint density at radius 2 is 1.85 bits per heavy atom. The topological polar surface area (TPSA) is 92.7 Å². The number of hydrogen-bond acceptors (Lipinski definition) is 7. The molecule has 1 aromatic carbocycles. The maximum Gasteiger partial charge on any atom is 0.248 e. The van der Waals surface area contributed by atoms with Crippen molar-refractivity contribution in [2.75, 3.05) is 18.4 Å². The van der Waals surface area contributed by atoms with Crippen molar-refractivity contribution in [1.82, 2.24) is 25.5 Å². The molecular formula is C25H28F2N6O. The minimum Gasteiger partial charge on any atom is -0.366 e. The number of alkyl halides is 2. The van der Waals surface area contributed by atoms with Crippen molar-refractivity contribution in [2.45, 2.75) is 56.9 Å². The van der Waals surface area contributed by atoms with Gasteiger partial charge in [-0.15, -0.1) is 0 Å². The zero-order chi connectivity index (χ0) is 23.5. The molecule has 0 bridgehead atoms. The molecule has 3 heterocycles. The quantitative estimate of drug-likeness (QED) is 0.563. The molecule has 7 nitrogen and oxygen atoms in total. The smallest absolute Gasteiger partial charge is 0.248 e. The van der Waals surface area contributed by atoms with Gasteiger partial charge in [0.05, 0.1) is 35.7 Å². The van der Waals surface area contributed by atoms with E-state index in [1.807, 2.05) is 24.3 Å². The van der Waals surface area contributed by atoms with Crippen LogP contribution in [0.1, 0.15) is 44.2 Å². The summed E-state index contributed by atoms with van der Waals surface area (Å²) in [6.45, 7) is 1.99. The average molecular weight is 467 g/mol. The highest BCUT2D eigenvalue weighted by Crippen LogP contribution is 2.36. The first-order valence-electron chi connectivity index (χ1n) is 11.9. The lowest BCUT2D eigenvalue weighted by molar-refractivity contribution is -0.126. The van der Waals surface area contributed by atoms with Crippen molar-refractivity contribution in [3.8, 4) is 11.3 Å². The third-order valence-electron chi connectivity index (χ3n) is 6.79. The van der Waals surface area contributed by atoms with Gasteiger partial charge in [-0.25, -0.2) is 13.8 Å². The lowest BCUT2D eigenvalue weighted by atomic mass is 9.83. The maximum atomic E-state index is 13.4. The fourth-order valence-electron chi connectivity index (χ4n) is 4.77. The molecular weight excluding hydrogens is 438 g/mol. The van der Waals surface area contributed by atoms with Crippen molar-refractivity contribution in [3.05, 3.63) is 42.4 Å². The molecule has 1 aliphatic carbocycles. The van der Waals surface area contributed by atoms with E-state index >= 15 is 0 Å². The van der Waals surface area contributed by atoms with E-state index in [9.17, 15) is 13.6 Å². The number of nitrogens with one attached hydrogen (secondary N) is 2. The van der Waals surface area contributed by atoms with Gasteiger partial charge in [0, 0.05) is 35.8 Å². The highest BCUT2D eigenvalue weighted by molar-refractivity contribution is 5.86. The summed E-state index contributed by atoms with van der Waals surface area (Å²) in [5.41, 5.74) is 2.92. The van der Waals surface area contributed by atoms with Crippen LogP contribution in [0.3, 0.4) is 0 Å². The number of nitrogens with zero attached hydrogens (tertiary/aromatic N) is 4. The summed E-state index contributed by atoms with van der Waals surface area (Å²) in [5.74, 6) is -2.25.